The van der Waals surface area contributed by atoms with E-state index in [0.717, 1.165) is 52.8 Å². The number of morpholine rings is 1. The second kappa shape index (κ2) is 8.85. The molecule has 0 amide bonds. The molecule has 0 aliphatic carbocycles. The molecule has 1 saturated heterocycles. The number of imidazole rings is 1. The summed E-state index contributed by atoms with van der Waals surface area (Å²) in [6.07, 6.45) is 5.54. The number of hydrogen-bond acceptors (Lipinski definition) is 8. The number of aliphatic hydroxyl groups is 1. The summed E-state index contributed by atoms with van der Waals surface area (Å²) in [4.78, 5) is 11.6. The Morgan fingerprint density at radius 1 is 1.15 bits per heavy atom. The van der Waals surface area contributed by atoms with E-state index in [0.29, 0.717) is 25.6 Å². The number of anilines is 4. The summed E-state index contributed by atoms with van der Waals surface area (Å²) in [5.74, 6) is 1.55. The van der Waals surface area contributed by atoms with Gasteiger partial charge in [-0.2, -0.15) is 0 Å². The normalized spacial score (nSPS) is 17.7. The van der Waals surface area contributed by atoms with Gasteiger partial charge in [-0.15, -0.1) is 0 Å². The van der Waals surface area contributed by atoms with Crippen LogP contribution in [0, 0.1) is 0 Å². The van der Waals surface area contributed by atoms with Crippen molar-refractivity contribution in [2.45, 2.75) is 6.10 Å². The molecule has 1 fully saturated rings. The van der Waals surface area contributed by atoms with E-state index in [2.05, 4.69) is 38.7 Å². The minimum absolute atomic E-state index is 0.0335. The summed E-state index contributed by atoms with van der Waals surface area (Å²) in [5, 5.41) is 16.2. The maximum atomic E-state index is 9.41. The van der Waals surface area contributed by atoms with E-state index in [1.165, 1.54) is 0 Å². The first-order valence-electron chi connectivity index (χ1n) is 11.5. The molecule has 3 N–H and O–H groups in total. The third kappa shape index (κ3) is 4.00. The number of aliphatic hydroxyl groups excluding tert-OH is 1. The van der Waals surface area contributed by atoms with Gasteiger partial charge >= 0.3 is 0 Å². The van der Waals surface area contributed by atoms with E-state index in [9.17, 15) is 5.11 Å². The van der Waals surface area contributed by atoms with E-state index < -0.39 is 0 Å². The van der Waals surface area contributed by atoms with Crippen LogP contribution < -0.4 is 20.3 Å². The third-order valence-electron chi connectivity index (χ3n) is 6.16. The Bertz CT molecular complexity index is 1310. The van der Waals surface area contributed by atoms with Crippen LogP contribution in [0.3, 0.4) is 0 Å². The van der Waals surface area contributed by atoms with Gasteiger partial charge in [0.15, 0.2) is 11.5 Å². The van der Waals surface area contributed by atoms with Crippen LogP contribution in [0.2, 0.25) is 0 Å². The molecule has 174 valence electrons. The molecule has 4 heterocycles. The van der Waals surface area contributed by atoms with E-state index >= 15 is 0 Å². The van der Waals surface area contributed by atoms with Gasteiger partial charge in [-0.3, -0.25) is 0 Å². The predicted octanol–water partition coefficient (Wildman–Crippen LogP) is 3.14. The van der Waals surface area contributed by atoms with Crippen LogP contribution >= 0.6 is 0 Å². The van der Waals surface area contributed by atoms with Crippen LogP contribution in [-0.4, -0.2) is 65.0 Å². The fourth-order valence-electron chi connectivity index (χ4n) is 4.41. The van der Waals surface area contributed by atoms with Crippen molar-refractivity contribution in [2.75, 3.05) is 55.0 Å². The monoisotopic (exact) mass is 458 g/mol. The maximum Gasteiger partial charge on any atom is 0.180 e. The highest BCUT2D eigenvalue weighted by molar-refractivity contribution is 5.76. The van der Waals surface area contributed by atoms with Gasteiger partial charge in [0, 0.05) is 55.2 Å². The van der Waals surface area contributed by atoms with Crippen molar-refractivity contribution in [1.82, 2.24) is 14.4 Å². The molecule has 0 spiro atoms. The number of benzene rings is 2. The highest BCUT2D eigenvalue weighted by Gasteiger charge is 2.20. The molecule has 2 aromatic heterocycles. The zero-order valence-corrected chi connectivity index (χ0v) is 18.6. The fourth-order valence-corrected chi connectivity index (χ4v) is 4.41. The molecule has 2 aliphatic heterocycles. The zero-order valence-electron chi connectivity index (χ0n) is 18.6. The molecular weight excluding hydrogens is 432 g/mol. The summed E-state index contributed by atoms with van der Waals surface area (Å²) in [7, 11) is 0. The summed E-state index contributed by atoms with van der Waals surface area (Å²) >= 11 is 0. The summed E-state index contributed by atoms with van der Waals surface area (Å²) in [5.41, 5.74) is 5.59. The molecule has 1 atom stereocenters. The first-order chi connectivity index (χ1) is 16.8. The molecule has 0 saturated carbocycles. The van der Waals surface area contributed by atoms with Crippen LogP contribution in [0.5, 0.6) is 5.75 Å². The summed E-state index contributed by atoms with van der Waals surface area (Å²) in [6, 6.07) is 14.3. The number of aromatic nitrogens is 3. The van der Waals surface area contributed by atoms with Crippen molar-refractivity contribution in [3.63, 3.8) is 0 Å². The molecule has 0 radical (unpaired) electrons. The number of nitrogens with one attached hydrogen (secondary N) is 2. The Morgan fingerprint density at radius 2 is 2.06 bits per heavy atom. The smallest absolute Gasteiger partial charge is 0.180 e. The number of hydrogen-bond donors (Lipinski definition) is 3. The van der Waals surface area contributed by atoms with Crippen LogP contribution in [0.4, 0.5) is 22.9 Å². The Balaban J connectivity index is 1.28. The topological polar surface area (TPSA) is 96.2 Å². The second-order valence-corrected chi connectivity index (χ2v) is 8.41. The molecule has 2 aromatic carbocycles. The van der Waals surface area contributed by atoms with Crippen molar-refractivity contribution < 1.29 is 14.6 Å². The number of rotatable bonds is 5. The van der Waals surface area contributed by atoms with Crippen molar-refractivity contribution in [3.05, 3.63) is 61.1 Å². The van der Waals surface area contributed by atoms with E-state index in [4.69, 9.17) is 14.5 Å². The van der Waals surface area contributed by atoms with Crippen LogP contribution in [0.25, 0.3) is 16.9 Å². The Kier molecular flexibility index (Phi) is 5.40. The van der Waals surface area contributed by atoms with Gasteiger partial charge < -0.3 is 34.5 Å². The van der Waals surface area contributed by atoms with Gasteiger partial charge in [-0.1, -0.05) is 0 Å². The molecule has 2 aliphatic rings. The number of ether oxygens (including phenoxy) is 2. The van der Waals surface area contributed by atoms with Gasteiger partial charge in [0.25, 0.3) is 0 Å². The van der Waals surface area contributed by atoms with Crippen molar-refractivity contribution in [2.24, 2.45) is 0 Å². The summed E-state index contributed by atoms with van der Waals surface area (Å²) < 4.78 is 13.2. The predicted molar refractivity (Wildman–Crippen MR) is 131 cm³/mol. The lowest BCUT2D eigenvalue weighted by atomic mass is 10.1. The molecule has 0 unspecified atom stereocenters. The Labute approximate surface area is 197 Å². The van der Waals surface area contributed by atoms with Gasteiger partial charge in [0.05, 0.1) is 30.7 Å². The standard InChI is InChI=1S/C25H26N6O3/c32-16-20-14-30(10-12-33-20)19-4-2-18(3-5-19)28-24-25-27-7-9-31(25)15-22(29-24)17-1-6-23-21(13-17)26-8-11-34-23/h1-7,9,13,15,20,26,32H,8,10-12,14,16H2,(H,28,29)/t20-/m1/s1. The number of fused-ring (bicyclic) bond motifs is 2. The van der Waals surface area contributed by atoms with Gasteiger partial charge in [-0.05, 0) is 42.5 Å². The van der Waals surface area contributed by atoms with Crippen molar-refractivity contribution in [1.29, 1.82) is 0 Å². The third-order valence-corrected chi connectivity index (χ3v) is 6.16. The largest absolute Gasteiger partial charge is 0.490 e. The van der Waals surface area contributed by atoms with Crippen LogP contribution in [0.1, 0.15) is 0 Å². The molecule has 0 bridgehead atoms. The average Bonchev–Trinajstić information content (AvgIpc) is 3.38. The zero-order chi connectivity index (χ0) is 22.9. The average molecular weight is 459 g/mol. The first-order valence-corrected chi connectivity index (χ1v) is 11.5. The maximum absolute atomic E-state index is 9.41. The fraction of sp³-hybridized carbons (Fsp3) is 0.280. The SMILES string of the molecule is OC[C@H]1CN(c2ccc(Nc3nc(-c4ccc5c(c4)NCCO5)cn4ccnc34)cc2)CCO1. The summed E-state index contributed by atoms with van der Waals surface area (Å²) in [6.45, 7) is 3.60. The molecule has 9 nitrogen and oxygen atoms in total. The van der Waals surface area contributed by atoms with Crippen molar-refractivity contribution in [3.8, 4) is 17.0 Å². The van der Waals surface area contributed by atoms with Crippen molar-refractivity contribution >= 4 is 28.5 Å². The molecular formula is C25H26N6O3. The van der Waals surface area contributed by atoms with Crippen LogP contribution in [0.15, 0.2) is 61.1 Å². The van der Waals surface area contributed by atoms with E-state index in [1.54, 1.807) is 6.20 Å². The lowest BCUT2D eigenvalue weighted by Crippen LogP contribution is -2.44. The quantitative estimate of drug-likeness (QED) is 0.420. The second-order valence-electron chi connectivity index (χ2n) is 8.41. The van der Waals surface area contributed by atoms with Gasteiger partial charge in [0.1, 0.15) is 12.4 Å². The minimum Gasteiger partial charge on any atom is -0.490 e. The molecule has 6 rings (SSSR count). The highest BCUT2D eigenvalue weighted by Crippen LogP contribution is 2.33. The minimum atomic E-state index is -0.141. The van der Waals surface area contributed by atoms with E-state index in [1.807, 2.05) is 41.1 Å². The molecule has 9 heteroatoms. The Morgan fingerprint density at radius 3 is 2.94 bits per heavy atom. The van der Waals surface area contributed by atoms with E-state index in [-0.39, 0.29) is 12.7 Å². The first kappa shape index (κ1) is 20.8. The molecule has 34 heavy (non-hydrogen) atoms. The van der Waals surface area contributed by atoms with Gasteiger partial charge in [-0.25, -0.2) is 9.97 Å². The Hall–Kier alpha value is -3.82. The lowest BCUT2D eigenvalue weighted by molar-refractivity contribution is 0.00357. The highest BCUT2D eigenvalue weighted by atomic mass is 16.5. The molecule has 4 aromatic rings. The van der Waals surface area contributed by atoms with Gasteiger partial charge in [0.2, 0.25) is 0 Å². The number of nitrogens with zero attached hydrogens (tertiary/aromatic N) is 4. The lowest BCUT2D eigenvalue weighted by Gasteiger charge is -2.33. The van der Waals surface area contributed by atoms with Crippen LogP contribution in [-0.2, 0) is 4.74 Å².